The van der Waals surface area contributed by atoms with E-state index in [0.29, 0.717) is 5.75 Å². The highest BCUT2D eigenvalue weighted by atomic mass is 32.2. The Kier molecular flexibility index (Phi) is 9.21. The molecular weight excluding hydrogens is 294 g/mol. The standard InChI is InChI=1S/C13H23N3O2S2/c1-15-10-8-19-4-2-3-5-20-9-11(12(17)6-14)16-7-13(10)18/h2-3,10-11,15-16H,4-9,14H2,1H3/b3-2-/t10-,11-/m0/s1. The molecule has 0 spiro atoms. The van der Waals surface area contributed by atoms with Gasteiger partial charge in [0.1, 0.15) is 0 Å². The van der Waals surface area contributed by atoms with Gasteiger partial charge in [0, 0.05) is 23.0 Å². The molecule has 114 valence electrons. The van der Waals surface area contributed by atoms with E-state index >= 15 is 0 Å². The van der Waals surface area contributed by atoms with Gasteiger partial charge in [-0.2, -0.15) is 23.5 Å². The molecule has 0 saturated carbocycles. The van der Waals surface area contributed by atoms with Crippen molar-refractivity contribution < 1.29 is 9.59 Å². The second-order valence-electron chi connectivity index (χ2n) is 4.46. The predicted molar refractivity (Wildman–Crippen MR) is 87.5 cm³/mol. The largest absolute Gasteiger partial charge is 0.324 e. The van der Waals surface area contributed by atoms with Gasteiger partial charge in [0.25, 0.3) is 0 Å². The van der Waals surface area contributed by atoms with Crippen LogP contribution in [0.2, 0.25) is 0 Å². The average Bonchev–Trinajstić information content (AvgIpc) is 2.48. The number of hydrogen-bond acceptors (Lipinski definition) is 7. The molecule has 0 amide bonds. The van der Waals surface area contributed by atoms with E-state index in [4.69, 9.17) is 5.73 Å². The molecular formula is C13H23N3O2S2. The molecule has 20 heavy (non-hydrogen) atoms. The third kappa shape index (κ3) is 6.41. The highest BCUT2D eigenvalue weighted by Gasteiger charge is 2.21. The molecule has 0 aromatic heterocycles. The molecule has 0 aromatic carbocycles. The first-order chi connectivity index (χ1) is 9.69. The van der Waals surface area contributed by atoms with Crippen LogP contribution in [0.3, 0.4) is 0 Å². The smallest absolute Gasteiger partial charge is 0.164 e. The van der Waals surface area contributed by atoms with E-state index < -0.39 is 0 Å². The van der Waals surface area contributed by atoms with E-state index in [1.807, 2.05) is 0 Å². The van der Waals surface area contributed by atoms with E-state index in [-0.39, 0.29) is 36.7 Å². The Bertz CT molecular complexity index is 351. The average molecular weight is 317 g/mol. The lowest BCUT2D eigenvalue weighted by Crippen LogP contribution is -2.48. The van der Waals surface area contributed by atoms with Crippen molar-refractivity contribution in [2.24, 2.45) is 5.73 Å². The molecule has 0 fully saturated rings. The summed E-state index contributed by atoms with van der Waals surface area (Å²) in [7, 11) is 1.79. The second kappa shape index (κ2) is 10.4. The lowest BCUT2D eigenvalue weighted by atomic mass is 10.1. The number of carbonyl (C=O) groups is 2. The van der Waals surface area contributed by atoms with Crippen molar-refractivity contribution >= 4 is 35.1 Å². The Balaban J connectivity index is 2.66. The summed E-state index contributed by atoms with van der Waals surface area (Å²) in [5.74, 6) is 3.21. The highest BCUT2D eigenvalue weighted by Crippen LogP contribution is 2.08. The van der Waals surface area contributed by atoms with Crippen LogP contribution in [0.15, 0.2) is 12.2 Å². The quantitative estimate of drug-likeness (QED) is 0.614. The number of nitrogens with one attached hydrogen (secondary N) is 2. The van der Waals surface area contributed by atoms with Crippen LogP contribution in [0.25, 0.3) is 0 Å². The minimum atomic E-state index is -0.340. The fourth-order valence-electron chi connectivity index (χ4n) is 1.74. The molecule has 1 aliphatic rings. The molecule has 2 atom stereocenters. The van der Waals surface area contributed by atoms with Crippen molar-refractivity contribution in [3.05, 3.63) is 12.2 Å². The Hall–Kier alpha value is -0.340. The van der Waals surface area contributed by atoms with E-state index in [9.17, 15) is 9.59 Å². The molecule has 1 aliphatic heterocycles. The van der Waals surface area contributed by atoms with Gasteiger partial charge in [-0.05, 0) is 7.05 Å². The Morgan fingerprint density at radius 2 is 2.05 bits per heavy atom. The summed E-state index contributed by atoms with van der Waals surface area (Å²) in [4.78, 5) is 23.9. The van der Waals surface area contributed by atoms with E-state index in [1.165, 1.54) is 0 Å². The van der Waals surface area contributed by atoms with Crippen LogP contribution in [0, 0.1) is 0 Å². The molecule has 5 nitrogen and oxygen atoms in total. The molecule has 0 aliphatic carbocycles. The fourth-order valence-corrected chi connectivity index (χ4v) is 3.68. The van der Waals surface area contributed by atoms with E-state index in [0.717, 1.165) is 17.3 Å². The number of rotatable bonds is 3. The second-order valence-corrected chi connectivity index (χ2v) is 6.61. The first-order valence-electron chi connectivity index (χ1n) is 6.65. The van der Waals surface area contributed by atoms with Gasteiger partial charge in [0.15, 0.2) is 11.6 Å². The van der Waals surface area contributed by atoms with Crippen LogP contribution in [-0.2, 0) is 9.59 Å². The Morgan fingerprint density at radius 1 is 1.40 bits per heavy atom. The SMILES string of the molecule is CN[C@H]1CSC/C=C\CSC[C@@H](C(=O)CN)NCC1=O. The number of likely N-dealkylation sites (N-methyl/N-ethyl adjacent to an activating group) is 1. The van der Waals surface area contributed by atoms with E-state index in [2.05, 4.69) is 22.8 Å². The molecule has 0 unspecified atom stereocenters. The van der Waals surface area contributed by atoms with Crippen LogP contribution in [-0.4, -0.2) is 66.8 Å². The molecule has 0 aromatic rings. The number of ketones is 2. The number of hydrogen-bond donors (Lipinski definition) is 3. The summed E-state index contributed by atoms with van der Waals surface area (Å²) in [6.07, 6.45) is 4.22. The minimum absolute atomic E-state index is 0.00750. The van der Waals surface area contributed by atoms with Crippen LogP contribution in [0.4, 0.5) is 0 Å². The summed E-state index contributed by atoms with van der Waals surface area (Å²) in [6, 6.07) is -0.517. The maximum absolute atomic E-state index is 12.1. The van der Waals surface area contributed by atoms with Gasteiger partial charge in [0.05, 0.1) is 25.2 Å². The summed E-state index contributed by atoms with van der Waals surface area (Å²) in [5, 5.41) is 6.08. The van der Waals surface area contributed by atoms with Crippen molar-refractivity contribution in [2.75, 3.05) is 43.1 Å². The lowest BCUT2D eigenvalue weighted by Gasteiger charge is -2.18. The topological polar surface area (TPSA) is 84.2 Å². The van der Waals surface area contributed by atoms with Gasteiger partial charge in [-0.15, -0.1) is 0 Å². The maximum atomic E-state index is 12.1. The normalized spacial score (nSPS) is 28.0. The van der Waals surface area contributed by atoms with Crippen molar-refractivity contribution in [3.63, 3.8) is 0 Å². The van der Waals surface area contributed by atoms with Crippen molar-refractivity contribution in [3.8, 4) is 0 Å². The van der Waals surface area contributed by atoms with Crippen molar-refractivity contribution in [2.45, 2.75) is 12.1 Å². The van der Waals surface area contributed by atoms with Gasteiger partial charge in [-0.1, -0.05) is 12.2 Å². The van der Waals surface area contributed by atoms with Crippen LogP contribution in [0.1, 0.15) is 0 Å². The van der Waals surface area contributed by atoms with Crippen molar-refractivity contribution in [1.82, 2.24) is 10.6 Å². The molecule has 0 bridgehead atoms. The zero-order valence-corrected chi connectivity index (χ0v) is 13.4. The van der Waals surface area contributed by atoms with Crippen LogP contribution < -0.4 is 16.4 Å². The van der Waals surface area contributed by atoms with E-state index in [1.54, 1.807) is 30.6 Å². The molecule has 4 N–H and O–H groups in total. The molecule has 7 heteroatoms. The van der Waals surface area contributed by atoms with Crippen LogP contribution in [0.5, 0.6) is 0 Å². The zero-order valence-electron chi connectivity index (χ0n) is 11.8. The number of carbonyl (C=O) groups excluding carboxylic acids is 2. The summed E-state index contributed by atoms with van der Waals surface area (Å²) < 4.78 is 0. The van der Waals surface area contributed by atoms with Gasteiger partial charge >= 0.3 is 0 Å². The lowest BCUT2D eigenvalue weighted by molar-refractivity contribution is -0.121. The third-order valence-corrected chi connectivity index (χ3v) is 5.01. The minimum Gasteiger partial charge on any atom is -0.324 e. The molecule has 1 heterocycles. The Labute approximate surface area is 128 Å². The number of nitrogens with two attached hydrogens (primary N) is 1. The fraction of sp³-hybridized carbons (Fsp3) is 0.692. The monoisotopic (exact) mass is 317 g/mol. The van der Waals surface area contributed by atoms with Gasteiger partial charge in [-0.25, -0.2) is 0 Å². The summed E-state index contributed by atoms with van der Waals surface area (Å²) in [6.45, 7) is 0.212. The van der Waals surface area contributed by atoms with Gasteiger partial charge in [0.2, 0.25) is 0 Å². The first kappa shape index (κ1) is 17.7. The number of Topliss-reactive ketones (excluding diaryl/α,β-unsaturated/α-hetero) is 2. The highest BCUT2D eigenvalue weighted by molar-refractivity contribution is 7.99. The van der Waals surface area contributed by atoms with Crippen molar-refractivity contribution in [1.29, 1.82) is 0 Å². The van der Waals surface area contributed by atoms with Gasteiger partial charge in [-0.3, -0.25) is 14.9 Å². The molecule has 0 saturated heterocycles. The maximum Gasteiger partial charge on any atom is 0.164 e. The summed E-state index contributed by atoms with van der Waals surface area (Å²) >= 11 is 3.40. The Morgan fingerprint density at radius 3 is 2.65 bits per heavy atom. The number of thioether (sulfide) groups is 2. The van der Waals surface area contributed by atoms with Gasteiger partial charge < -0.3 is 11.1 Å². The molecule has 1 rings (SSSR count). The summed E-state index contributed by atoms with van der Waals surface area (Å²) in [5.41, 5.74) is 5.42. The van der Waals surface area contributed by atoms with Crippen LogP contribution >= 0.6 is 23.5 Å². The zero-order chi connectivity index (χ0) is 14.8. The third-order valence-electron chi connectivity index (χ3n) is 3.01. The first-order valence-corrected chi connectivity index (χ1v) is 8.96. The predicted octanol–water partition coefficient (Wildman–Crippen LogP) is -0.334. The molecule has 0 radical (unpaired) electrons.